The number of nitrogens with zero attached hydrogens (tertiary/aromatic N) is 1. The van der Waals surface area contributed by atoms with E-state index in [4.69, 9.17) is 9.47 Å². The van der Waals surface area contributed by atoms with Crippen molar-refractivity contribution in [2.24, 2.45) is 4.99 Å². The van der Waals surface area contributed by atoms with Crippen LogP contribution in [0.2, 0.25) is 0 Å². The van der Waals surface area contributed by atoms with E-state index in [-0.39, 0.29) is 0 Å². The minimum Gasteiger partial charge on any atom is -0.493 e. The summed E-state index contributed by atoms with van der Waals surface area (Å²) in [5.74, 6) is 3.24. The standard InChI is InChI=1S/C13H16N2O2/c1-16-11-4-3-8-9(12(11)17-2)7-10(8)13-14-5-6-15-13/h3-4,10H,5-7H2,1-2H3,(H,14,15)/t10-/m0/s1. The average molecular weight is 232 g/mol. The fraction of sp³-hybridized carbons (Fsp3) is 0.462. The van der Waals surface area contributed by atoms with E-state index in [9.17, 15) is 0 Å². The lowest BCUT2D eigenvalue weighted by Crippen LogP contribution is -2.33. The van der Waals surface area contributed by atoms with E-state index in [0.29, 0.717) is 5.92 Å². The number of nitrogens with one attached hydrogen (secondary N) is 1. The zero-order chi connectivity index (χ0) is 11.8. The average Bonchev–Trinajstić information content (AvgIpc) is 2.83. The van der Waals surface area contributed by atoms with Crippen LogP contribution in [0.5, 0.6) is 11.5 Å². The van der Waals surface area contributed by atoms with Gasteiger partial charge in [0.2, 0.25) is 0 Å². The number of ether oxygens (including phenoxy) is 2. The molecule has 4 nitrogen and oxygen atoms in total. The SMILES string of the molecule is COc1ccc2c(c1OC)C[C@@H]2C1=NCCN1. The molecule has 4 heteroatoms. The number of amidine groups is 1. The summed E-state index contributed by atoms with van der Waals surface area (Å²) in [6.07, 6.45) is 0.988. The van der Waals surface area contributed by atoms with E-state index >= 15 is 0 Å². The molecule has 1 heterocycles. The number of rotatable bonds is 3. The van der Waals surface area contributed by atoms with Crippen molar-refractivity contribution in [1.82, 2.24) is 5.32 Å². The van der Waals surface area contributed by atoms with Crippen LogP contribution in [0.3, 0.4) is 0 Å². The van der Waals surface area contributed by atoms with Crippen molar-refractivity contribution in [3.8, 4) is 11.5 Å². The van der Waals surface area contributed by atoms with Crippen LogP contribution in [-0.4, -0.2) is 33.1 Å². The third kappa shape index (κ3) is 1.47. The number of benzene rings is 1. The Labute approximate surface area is 101 Å². The molecule has 0 bridgehead atoms. The van der Waals surface area contributed by atoms with Gasteiger partial charge >= 0.3 is 0 Å². The van der Waals surface area contributed by atoms with Gasteiger partial charge in [-0.25, -0.2) is 0 Å². The molecule has 0 saturated carbocycles. The van der Waals surface area contributed by atoms with Gasteiger partial charge in [-0.05, 0) is 18.1 Å². The summed E-state index contributed by atoms with van der Waals surface area (Å²) in [6.45, 7) is 1.86. The maximum Gasteiger partial charge on any atom is 0.164 e. The molecule has 0 amide bonds. The molecule has 0 spiro atoms. The van der Waals surface area contributed by atoms with Crippen LogP contribution in [0.1, 0.15) is 17.0 Å². The number of methoxy groups -OCH3 is 2. The highest BCUT2D eigenvalue weighted by Gasteiger charge is 2.35. The molecule has 1 aromatic rings. The minimum atomic E-state index is 0.423. The first kappa shape index (κ1) is 10.4. The summed E-state index contributed by atoms with van der Waals surface area (Å²) in [5.41, 5.74) is 2.57. The molecular formula is C13H16N2O2. The van der Waals surface area contributed by atoms with Crippen molar-refractivity contribution in [3.63, 3.8) is 0 Å². The summed E-state index contributed by atoms with van der Waals surface area (Å²) < 4.78 is 10.7. The molecule has 3 rings (SSSR count). The molecule has 0 fully saturated rings. The molecule has 1 N–H and O–H groups in total. The minimum absolute atomic E-state index is 0.423. The number of hydrogen-bond donors (Lipinski definition) is 1. The summed E-state index contributed by atoms with van der Waals surface area (Å²) >= 11 is 0. The Morgan fingerprint density at radius 1 is 1.29 bits per heavy atom. The van der Waals surface area contributed by atoms with Gasteiger partial charge in [0.15, 0.2) is 11.5 Å². The third-order valence-electron chi connectivity index (χ3n) is 3.50. The molecule has 0 saturated heterocycles. The highest BCUT2D eigenvalue weighted by atomic mass is 16.5. The van der Waals surface area contributed by atoms with Crippen LogP contribution in [-0.2, 0) is 6.42 Å². The first-order valence-electron chi connectivity index (χ1n) is 5.87. The predicted molar refractivity (Wildman–Crippen MR) is 66.3 cm³/mol. The molecular weight excluding hydrogens is 216 g/mol. The van der Waals surface area contributed by atoms with E-state index in [1.54, 1.807) is 14.2 Å². The van der Waals surface area contributed by atoms with E-state index in [1.165, 1.54) is 11.1 Å². The Morgan fingerprint density at radius 3 is 2.82 bits per heavy atom. The topological polar surface area (TPSA) is 42.9 Å². The number of aliphatic imine (C=N–C) groups is 1. The molecule has 1 aliphatic carbocycles. The molecule has 0 unspecified atom stereocenters. The van der Waals surface area contributed by atoms with Crippen molar-refractivity contribution < 1.29 is 9.47 Å². The normalized spacial score (nSPS) is 21.1. The Morgan fingerprint density at radius 2 is 2.18 bits per heavy atom. The first-order chi connectivity index (χ1) is 8.35. The van der Waals surface area contributed by atoms with Gasteiger partial charge in [0.25, 0.3) is 0 Å². The first-order valence-corrected chi connectivity index (χ1v) is 5.87. The van der Waals surface area contributed by atoms with E-state index in [2.05, 4.69) is 16.4 Å². The van der Waals surface area contributed by atoms with Crippen LogP contribution >= 0.6 is 0 Å². The highest BCUT2D eigenvalue weighted by molar-refractivity contribution is 5.93. The van der Waals surface area contributed by atoms with Gasteiger partial charge in [0, 0.05) is 18.0 Å². The van der Waals surface area contributed by atoms with Gasteiger partial charge in [-0.3, -0.25) is 4.99 Å². The Hall–Kier alpha value is -1.71. The molecule has 0 aromatic heterocycles. The second kappa shape index (κ2) is 3.95. The fourth-order valence-corrected chi connectivity index (χ4v) is 2.62. The van der Waals surface area contributed by atoms with Crippen molar-refractivity contribution >= 4 is 5.84 Å². The van der Waals surface area contributed by atoms with Crippen LogP contribution < -0.4 is 14.8 Å². The fourth-order valence-electron chi connectivity index (χ4n) is 2.62. The van der Waals surface area contributed by atoms with Crippen LogP contribution in [0.25, 0.3) is 0 Å². The third-order valence-corrected chi connectivity index (χ3v) is 3.50. The Kier molecular flexibility index (Phi) is 2.42. The summed E-state index contributed by atoms with van der Waals surface area (Å²) in [6, 6.07) is 4.09. The van der Waals surface area contributed by atoms with Crippen LogP contribution in [0.15, 0.2) is 17.1 Å². The second-order valence-corrected chi connectivity index (χ2v) is 4.32. The predicted octanol–water partition coefficient (Wildman–Crippen LogP) is 1.35. The highest BCUT2D eigenvalue weighted by Crippen LogP contribution is 2.46. The number of fused-ring (bicyclic) bond motifs is 1. The van der Waals surface area contributed by atoms with Gasteiger partial charge < -0.3 is 14.8 Å². The van der Waals surface area contributed by atoms with Crippen molar-refractivity contribution in [2.45, 2.75) is 12.3 Å². The summed E-state index contributed by atoms with van der Waals surface area (Å²) in [7, 11) is 3.36. The summed E-state index contributed by atoms with van der Waals surface area (Å²) in [5, 5.41) is 3.34. The van der Waals surface area contributed by atoms with E-state index in [0.717, 1.165) is 36.8 Å². The zero-order valence-electron chi connectivity index (χ0n) is 10.1. The van der Waals surface area contributed by atoms with Crippen molar-refractivity contribution in [2.75, 3.05) is 27.3 Å². The lowest BCUT2D eigenvalue weighted by molar-refractivity contribution is 0.348. The smallest absolute Gasteiger partial charge is 0.164 e. The molecule has 2 aliphatic rings. The van der Waals surface area contributed by atoms with Crippen LogP contribution in [0, 0.1) is 0 Å². The molecule has 1 atom stereocenters. The second-order valence-electron chi connectivity index (χ2n) is 4.32. The maximum absolute atomic E-state index is 5.42. The zero-order valence-corrected chi connectivity index (χ0v) is 10.1. The maximum atomic E-state index is 5.42. The van der Waals surface area contributed by atoms with Gasteiger partial charge in [-0.1, -0.05) is 6.07 Å². The molecule has 90 valence electrons. The molecule has 1 aliphatic heterocycles. The largest absolute Gasteiger partial charge is 0.493 e. The van der Waals surface area contributed by atoms with E-state index < -0.39 is 0 Å². The van der Waals surface area contributed by atoms with Crippen LogP contribution in [0.4, 0.5) is 0 Å². The lowest BCUT2D eigenvalue weighted by Gasteiger charge is -2.32. The van der Waals surface area contributed by atoms with Gasteiger partial charge in [-0.2, -0.15) is 0 Å². The van der Waals surface area contributed by atoms with Gasteiger partial charge in [-0.15, -0.1) is 0 Å². The Bertz CT molecular complexity index is 483. The monoisotopic (exact) mass is 232 g/mol. The number of hydrogen-bond acceptors (Lipinski definition) is 4. The van der Waals surface area contributed by atoms with E-state index in [1.807, 2.05) is 6.07 Å². The van der Waals surface area contributed by atoms with Gasteiger partial charge in [0.05, 0.1) is 20.8 Å². The lowest BCUT2D eigenvalue weighted by atomic mass is 9.76. The molecule has 1 aromatic carbocycles. The quantitative estimate of drug-likeness (QED) is 0.855. The Balaban J connectivity index is 1.95. The van der Waals surface area contributed by atoms with Crippen molar-refractivity contribution in [1.29, 1.82) is 0 Å². The van der Waals surface area contributed by atoms with Crippen molar-refractivity contribution in [3.05, 3.63) is 23.3 Å². The summed E-state index contributed by atoms with van der Waals surface area (Å²) in [4.78, 5) is 4.49. The van der Waals surface area contributed by atoms with Gasteiger partial charge in [0.1, 0.15) is 5.84 Å². The molecule has 17 heavy (non-hydrogen) atoms. The molecule has 0 radical (unpaired) electrons.